The Balaban J connectivity index is 2.19. The van der Waals surface area contributed by atoms with Crippen LogP contribution >= 0.6 is 0 Å². The molecule has 0 bridgehead atoms. The summed E-state index contributed by atoms with van der Waals surface area (Å²) in [4.78, 5) is 23.7. The van der Waals surface area contributed by atoms with Crippen LogP contribution in [0, 0.1) is 0 Å². The summed E-state index contributed by atoms with van der Waals surface area (Å²) in [6.45, 7) is 4.24. The Hall–Kier alpha value is -2.41. The zero-order valence-electron chi connectivity index (χ0n) is 12.5. The highest BCUT2D eigenvalue weighted by atomic mass is 16.3. The number of nitrogen functional groups attached to an aromatic ring is 1. The van der Waals surface area contributed by atoms with Crippen molar-refractivity contribution in [2.24, 2.45) is 5.84 Å². The maximum atomic E-state index is 12.1. The quantitative estimate of drug-likeness (QED) is 0.493. The monoisotopic (exact) mass is 299 g/mol. The minimum Gasteiger partial charge on any atom is -0.430 e. The van der Waals surface area contributed by atoms with Gasteiger partial charge < -0.3 is 4.42 Å². The molecule has 22 heavy (non-hydrogen) atoms. The van der Waals surface area contributed by atoms with Gasteiger partial charge in [0.2, 0.25) is 17.2 Å². The number of nitrogens with zero attached hydrogens (tertiary/aromatic N) is 2. The Bertz CT molecular complexity index is 954. The number of aromatic amines is 1. The van der Waals surface area contributed by atoms with Gasteiger partial charge in [0.15, 0.2) is 0 Å². The first-order valence-electron chi connectivity index (χ1n) is 7.45. The summed E-state index contributed by atoms with van der Waals surface area (Å²) in [6, 6.07) is 0. The molecule has 4 N–H and O–H groups in total. The van der Waals surface area contributed by atoms with Crippen molar-refractivity contribution < 1.29 is 4.42 Å². The zero-order valence-corrected chi connectivity index (χ0v) is 12.5. The van der Waals surface area contributed by atoms with Crippen molar-refractivity contribution in [2.45, 2.75) is 39.0 Å². The van der Waals surface area contributed by atoms with E-state index in [9.17, 15) is 4.79 Å². The Labute approximate surface area is 125 Å². The number of aryl methyl sites for hydroxylation is 1. The predicted molar refractivity (Wildman–Crippen MR) is 83.9 cm³/mol. The molecule has 7 nitrogen and oxygen atoms in total. The average Bonchev–Trinajstić information content (AvgIpc) is 3.09. The molecule has 0 unspecified atom stereocenters. The van der Waals surface area contributed by atoms with E-state index in [1.807, 2.05) is 0 Å². The Morgan fingerprint density at radius 2 is 2.05 bits per heavy atom. The molecule has 0 aliphatic heterocycles. The van der Waals surface area contributed by atoms with Crippen LogP contribution in [0.25, 0.3) is 22.2 Å². The van der Waals surface area contributed by atoms with Gasteiger partial charge in [-0.15, -0.1) is 0 Å². The average molecular weight is 299 g/mol. The van der Waals surface area contributed by atoms with E-state index in [1.54, 1.807) is 0 Å². The van der Waals surface area contributed by atoms with Gasteiger partial charge in [-0.25, -0.2) is 15.8 Å². The van der Waals surface area contributed by atoms with Gasteiger partial charge in [0.25, 0.3) is 5.56 Å². The summed E-state index contributed by atoms with van der Waals surface area (Å²) in [5.74, 6) is 5.91. The summed E-state index contributed by atoms with van der Waals surface area (Å²) in [6.07, 6.45) is 3.07. The molecular weight excluding hydrogens is 282 g/mol. The Kier molecular flexibility index (Phi) is 2.74. The second kappa shape index (κ2) is 4.54. The third-order valence-corrected chi connectivity index (χ3v) is 4.26. The molecule has 3 aromatic heterocycles. The molecule has 4 rings (SSSR count). The van der Waals surface area contributed by atoms with Gasteiger partial charge in [-0.3, -0.25) is 15.2 Å². The fourth-order valence-electron chi connectivity index (χ4n) is 3.35. The zero-order chi connectivity index (χ0) is 15.4. The highest BCUT2D eigenvalue weighted by molar-refractivity contribution is 6.03. The van der Waals surface area contributed by atoms with E-state index in [1.165, 1.54) is 11.1 Å². The molecule has 0 amide bonds. The number of hydrogen-bond acceptors (Lipinski definition) is 6. The van der Waals surface area contributed by atoms with Crippen molar-refractivity contribution in [1.82, 2.24) is 15.0 Å². The first-order chi connectivity index (χ1) is 10.6. The Morgan fingerprint density at radius 3 is 2.77 bits per heavy atom. The summed E-state index contributed by atoms with van der Waals surface area (Å²) >= 11 is 0. The van der Waals surface area contributed by atoms with Gasteiger partial charge in [0.05, 0.1) is 11.1 Å². The van der Waals surface area contributed by atoms with Gasteiger partial charge in [0.1, 0.15) is 5.52 Å². The van der Waals surface area contributed by atoms with E-state index in [-0.39, 0.29) is 17.1 Å². The van der Waals surface area contributed by atoms with Gasteiger partial charge >= 0.3 is 0 Å². The second-order valence-electron chi connectivity index (χ2n) is 5.98. The summed E-state index contributed by atoms with van der Waals surface area (Å²) in [5, 5.41) is 0.856. The summed E-state index contributed by atoms with van der Waals surface area (Å²) in [5.41, 5.74) is 6.83. The standard InChI is InChI=1S/C15H17N5O2/c1-6(2)10-8-5-3-4-7(8)9-11-12(22-14(9)17-10)13(21)19-15(18-11)20-16/h6H,3-5,16H2,1-2H3,(H2,18,19,20,21). The third kappa shape index (κ3) is 1.69. The third-order valence-electron chi connectivity index (χ3n) is 4.26. The molecule has 1 aliphatic rings. The molecule has 0 radical (unpaired) electrons. The van der Waals surface area contributed by atoms with Gasteiger partial charge in [0, 0.05) is 0 Å². The van der Waals surface area contributed by atoms with Crippen LogP contribution in [-0.4, -0.2) is 15.0 Å². The van der Waals surface area contributed by atoms with Crippen LogP contribution in [0.4, 0.5) is 5.95 Å². The normalized spacial score (nSPS) is 14.2. The van der Waals surface area contributed by atoms with E-state index in [2.05, 4.69) is 34.2 Å². The number of pyridine rings is 1. The molecule has 3 aromatic rings. The van der Waals surface area contributed by atoms with E-state index >= 15 is 0 Å². The molecular formula is C15H17N5O2. The highest BCUT2D eigenvalue weighted by Gasteiger charge is 2.26. The number of hydrogen-bond donors (Lipinski definition) is 3. The topological polar surface area (TPSA) is 110 Å². The van der Waals surface area contributed by atoms with Crippen molar-refractivity contribution in [3.05, 3.63) is 27.2 Å². The van der Waals surface area contributed by atoms with E-state index in [4.69, 9.17) is 10.3 Å². The number of nitrogens with one attached hydrogen (secondary N) is 2. The molecule has 3 heterocycles. The van der Waals surface area contributed by atoms with E-state index in [0.717, 1.165) is 30.3 Å². The molecule has 1 aliphatic carbocycles. The van der Waals surface area contributed by atoms with Crippen LogP contribution in [0.3, 0.4) is 0 Å². The maximum Gasteiger partial charge on any atom is 0.296 e. The van der Waals surface area contributed by atoms with Crippen molar-refractivity contribution >= 4 is 28.1 Å². The number of fused-ring (bicyclic) bond motifs is 5. The highest BCUT2D eigenvalue weighted by Crippen LogP contribution is 2.37. The van der Waals surface area contributed by atoms with Crippen LogP contribution in [0.5, 0.6) is 0 Å². The first-order valence-corrected chi connectivity index (χ1v) is 7.45. The fourth-order valence-corrected chi connectivity index (χ4v) is 3.35. The molecule has 7 heteroatoms. The predicted octanol–water partition coefficient (Wildman–Crippen LogP) is 1.96. The molecule has 0 saturated carbocycles. The Morgan fingerprint density at radius 1 is 1.27 bits per heavy atom. The largest absolute Gasteiger partial charge is 0.430 e. The van der Waals surface area contributed by atoms with Crippen LogP contribution in [0.2, 0.25) is 0 Å². The molecule has 114 valence electrons. The first kappa shape index (κ1) is 13.3. The van der Waals surface area contributed by atoms with Crippen molar-refractivity contribution in [3.8, 4) is 0 Å². The lowest BCUT2D eigenvalue weighted by Gasteiger charge is -2.11. The lowest BCUT2D eigenvalue weighted by molar-refractivity contribution is 0.640. The number of aromatic nitrogens is 3. The molecule has 0 fully saturated rings. The van der Waals surface area contributed by atoms with Crippen LogP contribution in [-0.2, 0) is 12.8 Å². The lowest BCUT2D eigenvalue weighted by Crippen LogP contribution is -2.16. The van der Waals surface area contributed by atoms with E-state index < -0.39 is 0 Å². The van der Waals surface area contributed by atoms with Crippen LogP contribution in [0.15, 0.2) is 9.21 Å². The number of H-pyrrole nitrogens is 1. The lowest BCUT2D eigenvalue weighted by atomic mass is 9.99. The second-order valence-corrected chi connectivity index (χ2v) is 5.98. The molecule has 0 saturated heterocycles. The minimum atomic E-state index is -0.353. The van der Waals surface area contributed by atoms with Crippen molar-refractivity contribution in [3.63, 3.8) is 0 Å². The fraction of sp³-hybridized carbons (Fsp3) is 0.400. The number of nitrogens with two attached hydrogens (primary N) is 1. The maximum absolute atomic E-state index is 12.1. The number of furan rings is 1. The smallest absolute Gasteiger partial charge is 0.296 e. The summed E-state index contributed by atoms with van der Waals surface area (Å²) in [7, 11) is 0. The molecule has 0 atom stereocenters. The van der Waals surface area contributed by atoms with Gasteiger partial charge in [-0.05, 0) is 36.3 Å². The number of anilines is 1. The van der Waals surface area contributed by atoms with Gasteiger partial charge in [-0.1, -0.05) is 13.8 Å². The summed E-state index contributed by atoms with van der Waals surface area (Å²) < 4.78 is 5.71. The van der Waals surface area contributed by atoms with Crippen LogP contribution in [0.1, 0.15) is 43.0 Å². The molecule has 0 aromatic carbocycles. The van der Waals surface area contributed by atoms with Crippen molar-refractivity contribution in [2.75, 3.05) is 5.43 Å². The number of rotatable bonds is 2. The van der Waals surface area contributed by atoms with Gasteiger partial charge in [-0.2, -0.15) is 0 Å². The SMILES string of the molecule is CC(C)c1nc2oc3c(=O)[nH]c(NN)nc3c2c2c1CCC2. The minimum absolute atomic E-state index is 0.205. The number of hydrazine groups is 1. The van der Waals surface area contributed by atoms with E-state index in [0.29, 0.717) is 17.1 Å². The van der Waals surface area contributed by atoms with Crippen LogP contribution < -0.4 is 16.8 Å². The molecule has 0 spiro atoms. The van der Waals surface area contributed by atoms with Crippen molar-refractivity contribution in [1.29, 1.82) is 0 Å².